The number of aromatic nitrogens is 1. The lowest BCUT2D eigenvalue weighted by Crippen LogP contribution is -2.13. The average Bonchev–Trinajstić information content (AvgIpc) is 2.64. The fraction of sp³-hybridized carbons (Fsp3) is 0.143. The van der Waals surface area contributed by atoms with Crippen LogP contribution in [0.15, 0.2) is 66.9 Å². The first-order chi connectivity index (χ1) is 12.5. The van der Waals surface area contributed by atoms with Crippen molar-refractivity contribution in [3.8, 4) is 0 Å². The summed E-state index contributed by atoms with van der Waals surface area (Å²) in [6.45, 7) is 4.30. The molecule has 5 heteroatoms. The predicted octanol–water partition coefficient (Wildman–Crippen LogP) is 5.34. The van der Waals surface area contributed by atoms with E-state index in [0.29, 0.717) is 17.4 Å². The van der Waals surface area contributed by atoms with E-state index >= 15 is 0 Å². The third-order valence-corrected chi connectivity index (χ3v) is 3.99. The molecule has 0 aliphatic carbocycles. The van der Waals surface area contributed by atoms with Crippen LogP contribution in [0.2, 0.25) is 0 Å². The Kier molecular flexibility index (Phi) is 5.27. The van der Waals surface area contributed by atoms with Gasteiger partial charge in [-0.15, -0.1) is 0 Å². The van der Waals surface area contributed by atoms with Crippen molar-refractivity contribution >= 4 is 23.1 Å². The van der Waals surface area contributed by atoms with Crippen LogP contribution in [0.1, 0.15) is 35.7 Å². The molecule has 26 heavy (non-hydrogen) atoms. The molecule has 0 bridgehead atoms. The molecule has 132 valence electrons. The maximum atomic E-state index is 13.6. The number of pyridine rings is 1. The molecular formula is C21H20FN3O. The van der Waals surface area contributed by atoms with Crippen LogP contribution in [0.5, 0.6) is 0 Å². The second-order valence-corrected chi connectivity index (χ2v) is 6.27. The molecule has 1 aromatic heterocycles. The molecule has 2 N–H and O–H groups in total. The molecule has 1 heterocycles. The van der Waals surface area contributed by atoms with Gasteiger partial charge in [0, 0.05) is 5.69 Å². The van der Waals surface area contributed by atoms with Crippen LogP contribution in [0.3, 0.4) is 0 Å². The maximum absolute atomic E-state index is 13.6. The largest absolute Gasteiger partial charge is 0.340 e. The summed E-state index contributed by atoms with van der Waals surface area (Å²) < 4.78 is 13.6. The molecule has 0 saturated carbocycles. The normalized spacial score (nSPS) is 10.6. The molecule has 0 radical (unpaired) electrons. The zero-order valence-corrected chi connectivity index (χ0v) is 14.7. The molecule has 0 fully saturated rings. The molecule has 0 aliphatic heterocycles. The topological polar surface area (TPSA) is 54.0 Å². The summed E-state index contributed by atoms with van der Waals surface area (Å²) in [6, 6.07) is 17.5. The minimum absolute atomic E-state index is 0.0000520. The minimum atomic E-state index is -0.555. The third-order valence-electron chi connectivity index (χ3n) is 3.99. The van der Waals surface area contributed by atoms with Gasteiger partial charge in [0.05, 0.1) is 17.4 Å². The smallest absolute Gasteiger partial charge is 0.258 e. The van der Waals surface area contributed by atoms with Crippen LogP contribution < -0.4 is 10.6 Å². The highest BCUT2D eigenvalue weighted by Crippen LogP contribution is 2.20. The second kappa shape index (κ2) is 7.78. The summed E-state index contributed by atoms with van der Waals surface area (Å²) in [5.41, 5.74) is 2.71. The number of nitrogens with one attached hydrogen (secondary N) is 2. The Morgan fingerprint density at radius 1 is 0.962 bits per heavy atom. The number of benzene rings is 2. The van der Waals surface area contributed by atoms with E-state index in [1.165, 1.54) is 23.9 Å². The third kappa shape index (κ3) is 4.25. The van der Waals surface area contributed by atoms with Gasteiger partial charge in [0.15, 0.2) is 0 Å². The first-order valence-electron chi connectivity index (χ1n) is 8.42. The van der Waals surface area contributed by atoms with Crippen molar-refractivity contribution in [2.24, 2.45) is 0 Å². The summed E-state index contributed by atoms with van der Waals surface area (Å²) in [4.78, 5) is 16.4. The van der Waals surface area contributed by atoms with Crippen LogP contribution in [-0.2, 0) is 0 Å². The van der Waals surface area contributed by atoms with Crippen molar-refractivity contribution in [1.82, 2.24) is 4.98 Å². The quantitative estimate of drug-likeness (QED) is 0.654. The van der Waals surface area contributed by atoms with E-state index in [-0.39, 0.29) is 5.56 Å². The molecule has 1 amide bonds. The highest BCUT2D eigenvalue weighted by atomic mass is 19.1. The number of nitrogens with zero attached hydrogens (tertiary/aromatic N) is 1. The number of carbonyl (C=O) groups is 1. The van der Waals surface area contributed by atoms with Gasteiger partial charge in [0.25, 0.3) is 5.91 Å². The van der Waals surface area contributed by atoms with Gasteiger partial charge in [-0.1, -0.05) is 38.1 Å². The Labute approximate surface area is 152 Å². The summed E-state index contributed by atoms with van der Waals surface area (Å²) in [5.74, 6) is 0.0849. The second-order valence-electron chi connectivity index (χ2n) is 6.27. The van der Waals surface area contributed by atoms with E-state index in [1.54, 1.807) is 24.3 Å². The number of rotatable bonds is 5. The van der Waals surface area contributed by atoms with Crippen molar-refractivity contribution in [1.29, 1.82) is 0 Å². The highest BCUT2D eigenvalue weighted by molar-refractivity contribution is 6.04. The zero-order chi connectivity index (χ0) is 18.5. The van der Waals surface area contributed by atoms with Crippen molar-refractivity contribution < 1.29 is 9.18 Å². The van der Waals surface area contributed by atoms with Crippen LogP contribution in [0.25, 0.3) is 0 Å². The number of hydrogen-bond donors (Lipinski definition) is 2. The number of carbonyl (C=O) groups excluding carboxylic acids is 1. The highest BCUT2D eigenvalue weighted by Gasteiger charge is 2.11. The number of amides is 1. The molecule has 4 nitrogen and oxygen atoms in total. The fourth-order valence-corrected chi connectivity index (χ4v) is 2.48. The summed E-state index contributed by atoms with van der Waals surface area (Å²) in [7, 11) is 0. The van der Waals surface area contributed by atoms with Gasteiger partial charge in [0.2, 0.25) is 0 Å². The van der Waals surface area contributed by atoms with Crippen molar-refractivity contribution in [2.75, 3.05) is 10.6 Å². The molecule has 0 saturated heterocycles. The first-order valence-corrected chi connectivity index (χ1v) is 8.42. The Morgan fingerprint density at radius 2 is 1.65 bits per heavy atom. The maximum Gasteiger partial charge on any atom is 0.258 e. The van der Waals surface area contributed by atoms with E-state index in [0.717, 1.165) is 5.69 Å². The van der Waals surface area contributed by atoms with Crippen molar-refractivity contribution in [3.63, 3.8) is 0 Å². The number of hydrogen-bond acceptors (Lipinski definition) is 3. The van der Waals surface area contributed by atoms with Gasteiger partial charge in [-0.05, 0) is 47.9 Å². The van der Waals surface area contributed by atoms with Crippen molar-refractivity contribution in [2.45, 2.75) is 19.8 Å². The van der Waals surface area contributed by atoms with Gasteiger partial charge < -0.3 is 10.6 Å². The van der Waals surface area contributed by atoms with E-state index < -0.39 is 11.7 Å². The monoisotopic (exact) mass is 349 g/mol. The van der Waals surface area contributed by atoms with E-state index in [9.17, 15) is 9.18 Å². The molecule has 0 spiro atoms. The molecule has 3 aromatic rings. The van der Waals surface area contributed by atoms with Gasteiger partial charge in [-0.3, -0.25) is 4.79 Å². The standard InChI is InChI=1S/C21H20FN3O/c1-14(2)15-7-9-16(10-8-15)24-20-12-11-17(13-23-20)25-21(26)18-5-3-4-6-19(18)22/h3-14H,1-2H3,(H,23,24)(H,25,26). The molecule has 0 unspecified atom stereocenters. The van der Waals surface area contributed by atoms with E-state index in [2.05, 4.69) is 41.6 Å². The summed E-state index contributed by atoms with van der Waals surface area (Å²) >= 11 is 0. The molecular weight excluding hydrogens is 329 g/mol. The zero-order valence-electron chi connectivity index (χ0n) is 14.7. The first kappa shape index (κ1) is 17.6. The van der Waals surface area contributed by atoms with Crippen LogP contribution in [-0.4, -0.2) is 10.9 Å². The van der Waals surface area contributed by atoms with E-state index in [1.807, 2.05) is 12.1 Å². The number of halogens is 1. The minimum Gasteiger partial charge on any atom is -0.340 e. The van der Waals surface area contributed by atoms with Crippen molar-refractivity contribution in [3.05, 3.63) is 83.8 Å². The summed E-state index contributed by atoms with van der Waals surface area (Å²) in [5, 5.41) is 5.85. The Hall–Kier alpha value is -3.21. The Bertz CT molecular complexity index is 890. The molecule has 0 atom stereocenters. The lowest BCUT2D eigenvalue weighted by Gasteiger charge is -2.10. The molecule has 2 aromatic carbocycles. The fourth-order valence-electron chi connectivity index (χ4n) is 2.48. The van der Waals surface area contributed by atoms with Crippen LogP contribution in [0.4, 0.5) is 21.6 Å². The average molecular weight is 349 g/mol. The lowest BCUT2D eigenvalue weighted by atomic mass is 10.0. The number of anilines is 3. The lowest BCUT2D eigenvalue weighted by molar-refractivity contribution is 0.102. The van der Waals surface area contributed by atoms with Crippen LogP contribution in [0, 0.1) is 5.82 Å². The van der Waals surface area contributed by atoms with Gasteiger partial charge >= 0.3 is 0 Å². The summed E-state index contributed by atoms with van der Waals surface area (Å²) in [6.07, 6.45) is 1.53. The van der Waals surface area contributed by atoms with Gasteiger partial charge in [-0.25, -0.2) is 9.37 Å². The van der Waals surface area contributed by atoms with Gasteiger partial charge in [-0.2, -0.15) is 0 Å². The predicted molar refractivity (Wildman–Crippen MR) is 102 cm³/mol. The molecule has 3 rings (SSSR count). The SMILES string of the molecule is CC(C)c1ccc(Nc2ccc(NC(=O)c3ccccc3F)cn2)cc1. The van der Waals surface area contributed by atoms with Crippen LogP contribution >= 0.6 is 0 Å². The molecule has 0 aliphatic rings. The van der Waals surface area contributed by atoms with Gasteiger partial charge in [0.1, 0.15) is 11.6 Å². The Morgan fingerprint density at radius 3 is 2.27 bits per heavy atom. The van der Waals surface area contributed by atoms with E-state index in [4.69, 9.17) is 0 Å². The Balaban J connectivity index is 1.65.